The van der Waals surface area contributed by atoms with E-state index in [2.05, 4.69) is 24.3 Å². The Kier molecular flexibility index (Phi) is 3.00. The second-order valence-electron chi connectivity index (χ2n) is 5.28. The third-order valence-electron chi connectivity index (χ3n) is 3.94. The van der Waals surface area contributed by atoms with Gasteiger partial charge in [0.15, 0.2) is 0 Å². The molecule has 106 valence electrons. The van der Waals surface area contributed by atoms with E-state index in [1.54, 1.807) is 6.07 Å². The average molecular weight is 288 g/mol. The topological polar surface area (TPSA) is 49.7 Å². The third-order valence-corrected chi connectivity index (χ3v) is 3.94. The van der Waals surface area contributed by atoms with E-state index in [4.69, 9.17) is 14.7 Å². The molecular formula is C18H13BO3. The lowest BCUT2D eigenvalue weighted by atomic mass is 9.98. The molecule has 0 atom stereocenters. The van der Waals surface area contributed by atoms with Gasteiger partial charge in [-0.2, -0.15) is 0 Å². The van der Waals surface area contributed by atoms with Gasteiger partial charge in [-0.25, -0.2) is 0 Å². The smallest absolute Gasteiger partial charge is 0.512 e. The van der Waals surface area contributed by atoms with Crippen LogP contribution >= 0.6 is 0 Å². The quantitative estimate of drug-likeness (QED) is 0.337. The molecule has 0 unspecified atom stereocenters. The summed E-state index contributed by atoms with van der Waals surface area (Å²) in [6.45, 7) is 0. The largest absolute Gasteiger partial charge is 0.707 e. The Morgan fingerprint density at radius 3 is 2.18 bits per heavy atom. The molecule has 3 nitrogen and oxygen atoms in total. The molecule has 0 aliphatic heterocycles. The SMILES string of the molecule is OB(O)Oc1cccc2c1ccc1cc3ccccc3cc12. The minimum Gasteiger partial charge on any atom is -0.512 e. The highest BCUT2D eigenvalue weighted by Crippen LogP contribution is 2.33. The van der Waals surface area contributed by atoms with Crippen LogP contribution in [0.5, 0.6) is 5.75 Å². The van der Waals surface area contributed by atoms with E-state index in [1.165, 1.54) is 10.8 Å². The predicted molar refractivity (Wildman–Crippen MR) is 89.8 cm³/mol. The molecule has 4 aromatic rings. The first kappa shape index (κ1) is 13.1. The molecule has 0 fully saturated rings. The van der Waals surface area contributed by atoms with Crippen LogP contribution in [0.4, 0.5) is 0 Å². The number of hydrogen-bond acceptors (Lipinski definition) is 3. The fourth-order valence-corrected chi connectivity index (χ4v) is 2.97. The second kappa shape index (κ2) is 5.02. The lowest BCUT2D eigenvalue weighted by Gasteiger charge is -2.11. The lowest BCUT2D eigenvalue weighted by molar-refractivity contribution is 0.289. The molecule has 0 heterocycles. The summed E-state index contributed by atoms with van der Waals surface area (Å²) in [6.07, 6.45) is 0. The molecule has 4 rings (SSSR count). The lowest BCUT2D eigenvalue weighted by Crippen LogP contribution is -2.20. The van der Waals surface area contributed by atoms with Crippen LogP contribution in [0.1, 0.15) is 0 Å². The van der Waals surface area contributed by atoms with Crippen LogP contribution in [0.2, 0.25) is 0 Å². The van der Waals surface area contributed by atoms with Gasteiger partial charge in [-0.05, 0) is 45.1 Å². The molecule has 0 aliphatic carbocycles. The van der Waals surface area contributed by atoms with Crippen LogP contribution in [-0.2, 0) is 0 Å². The fraction of sp³-hybridized carbons (Fsp3) is 0. The van der Waals surface area contributed by atoms with Gasteiger partial charge in [-0.1, -0.05) is 48.5 Å². The van der Waals surface area contributed by atoms with E-state index in [-0.39, 0.29) is 0 Å². The van der Waals surface area contributed by atoms with E-state index in [0.717, 1.165) is 21.5 Å². The van der Waals surface area contributed by atoms with Gasteiger partial charge in [0, 0.05) is 5.39 Å². The van der Waals surface area contributed by atoms with Crippen molar-refractivity contribution in [3.05, 3.63) is 66.7 Å². The molecule has 0 aromatic heterocycles. The molecule has 22 heavy (non-hydrogen) atoms. The molecule has 0 saturated carbocycles. The van der Waals surface area contributed by atoms with Gasteiger partial charge in [-0.15, -0.1) is 0 Å². The Morgan fingerprint density at radius 1 is 0.636 bits per heavy atom. The summed E-state index contributed by atoms with van der Waals surface area (Å²) in [5.74, 6) is 0.461. The van der Waals surface area contributed by atoms with E-state index < -0.39 is 7.32 Å². The summed E-state index contributed by atoms with van der Waals surface area (Å²) >= 11 is 0. The normalized spacial score (nSPS) is 11.2. The molecule has 0 amide bonds. The van der Waals surface area contributed by atoms with Crippen molar-refractivity contribution in [1.29, 1.82) is 0 Å². The summed E-state index contributed by atoms with van der Waals surface area (Å²) < 4.78 is 5.07. The maximum Gasteiger partial charge on any atom is 0.707 e. The molecule has 0 saturated heterocycles. The Morgan fingerprint density at radius 2 is 1.41 bits per heavy atom. The summed E-state index contributed by atoms with van der Waals surface area (Å²) in [5, 5.41) is 24.6. The van der Waals surface area contributed by atoms with Crippen LogP contribution in [0.25, 0.3) is 32.3 Å². The summed E-state index contributed by atoms with van der Waals surface area (Å²) in [6, 6.07) is 22.1. The fourth-order valence-electron chi connectivity index (χ4n) is 2.97. The zero-order valence-corrected chi connectivity index (χ0v) is 11.7. The van der Waals surface area contributed by atoms with Crippen molar-refractivity contribution in [2.45, 2.75) is 0 Å². The third kappa shape index (κ3) is 2.10. The summed E-state index contributed by atoms with van der Waals surface area (Å²) in [4.78, 5) is 0. The monoisotopic (exact) mass is 288 g/mol. The predicted octanol–water partition coefficient (Wildman–Crippen LogP) is 3.49. The highest BCUT2D eigenvalue weighted by molar-refractivity contribution is 6.34. The van der Waals surface area contributed by atoms with Gasteiger partial charge in [0.2, 0.25) is 0 Å². The van der Waals surface area contributed by atoms with Gasteiger partial charge < -0.3 is 14.7 Å². The van der Waals surface area contributed by atoms with Gasteiger partial charge in [0.1, 0.15) is 5.75 Å². The van der Waals surface area contributed by atoms with Crippen LogP contribution in [-0.4, -0.2) is 17.4 Å². The second-order valence-corrected chi connectivity index (χ2v) is 5.28. The molecule has 0 radical (unpaired) electrons. The van der Waals surface area contributed by atoms with Crippen LogP contribution in [0.3, 0.4) is 0 Å². The van der Waals surface area contributed by atoms with E-state index >= 15 is 0 Å². The van der Waals surface area contributed by atoms with Crippen molar-refractivity contribution < 1.29 is 14.7 Å². The molecule has 4 heteroatoms. The van der Waals surface area contributed by atoms with Crippen LogP contribution < -0.4 is 4.65 Å². The number of rotatable bonds is 2. The first-order chi connectivity index (χ1) is 10.7. The number of fused-ring (bicyclic) bond motifs is 4. The summed E-state index contributed by atoms with van der Waals surface area (Å²) in [7, 11) is -1.82. The molecule has 2 N–H and O–H groups in total. The molecule has 0 bridgehead atoms. The van der Waals surface area contributed by atoms with Crippen molar-refractivity contribution in [2.24, 2.45) is 0 Å². The van der Waals surface area contributed by atoms with E-state index in [0.29, 0.717) is 5.75 Å². The van der Waals surface area contributed by atoms with E-state index in [1.807, 2.05) is 36.4 Å². The van der Waals surface area contributed by atoms with E-state index in [9.17, 15) is 0 Å². The van der Waals surface area contributed by atoms with Crippen LogP contribution in [0.15, 0.2) is 66.7 Å². The first-order valence-corrected chi connectivity index (χ1v) is 7.09. The Balaban J connectivity index is 2.07. The molecular weight excluding hydrogens is 275 g/mol. The number of benzene rings is 4. The minimum absolute atomic E-state index is 0.461. The van der Waals surface area contributed by atoms with Crippen LogP contribution in [0, 0.1) is 0 Å². The van der Waals surface area contributed by atoms with Crippen molar-refractivity contribution in [3.63, 3.8) is 0 Å². The highest BCUT2D eigenvalue weighted by atomic mass is 16.6. The molecule has 4 aromatic carbocycles. The highest BCUT2D eigenvalue weighted by Gasteiger charge is 2.14. The maximum atomic E-state index is 9.05. The standard InChI is InChI=1S/C18H13BO3/c20-19(21)22-18-7-3-6-15-16(18)9-8-14-10-12-4-1-2-5-13(12)11-17(14)15/h1-11,20-21H. The van der Waals surface area contributed by atoms with Crippen molar-refractivity contribution in [2.75, 3.05) is 0 Å². The van der Waals surface area contributed by atoms with Crippen molar-refractivity contribution in [3.8, 4) is 5.75 Å². The maximum absolute atomic E-state index is 9.05. The number of hydrogen-bond donors (Lipinski definition) is 2. The minimum atomic E-state index is -1.82. The van der Waals surface area contributed by atoms with Gasteiger partial charge >= 0.3 is 7.32 Å². The van der Waals surface area contributed by atoms with Crippen molar-refractivity contribution >= 4 is 39.6 Å². The Hall–Kier alpha value is -2.56. The van der Waals surface area contributed by atoms with Crippen molar-refractivity contribution in [1.82, 2.24) is 0 Å². The summed E-state index contributed by atoms with van der Waals surface area (Å²) in [5.41, 5.74) is 0. The Labute approximate surface area is 127 Å². The first-order valence-electron chi connectivity index (χ1n) is 7.09. The van der Waals surface area contributed by atoms with Gasteiger partial charge in [0.05, 0.1) is 0 Å². The molecule has 0 aliphatic rings. The zero-order chi connectivity index (χ0) is 15.1. The van der Waals surface area contributed by atoms with Gasteiger partial charge in [0.25, 0.3) is 0 Å². The zero-order valence-electron chi connectivity index (χ0n) is 11.7. The average Bonchev–Trinajstić information content (AvgIpc) is 2.52. The van der Waals surface area contributed by atoms with Gasteiger partial charge in [-0.3, -0.25) is 0 Å². The molecule has 0 spiro atoms. The Bertz CT molecular complexity index is 995.